The lowest BCUT2D eigenvalue weighted by molar-refractivity contribution is -0.147. The van der Waals surface area contributed by atoms with Gasteiger partial charge in [-0.1, -0.05) is 48.5 Å². The molecule has 0 aliphatic carbocycles. The Balaban J connectivity index is 1.88. The highest BCUT2D eigenvalue weighted by Gasteiger charge is 2.31. The fourth-order valence-corrected chi connectivity index (χ4v) is 4.07. The van der Waals surface area contributed by atoms with Crippen LogP contribution >= 0.6 is 0 Å². The zero-order chi connectivity index (χ0) is 29.2. The van der Waals surface area contributed by atoms with Crippen LogP contribution in [0.25, 0.3) is 10.9 Å². The minimum Gasteiger partial charge on any atom is -0.481 e. The van der Waals surface area contributed by atoms with Gasteiger partial charge in [-0.2, -0.15) is 0 Å². The summed E-state index contributed by atoms with van der Waals surface area (Å²) < 4.78 is 0. The van der Waals surface area contributed by atoms with Crippen LogP contribution in [-0.2, 0) is 36.8 Å². The van der Waals surface area contributed by atoms with Crippen LogP contribution in [0, 0.1) is 0 Å². The number of carboxylic acids is 2. The number of nitrogens with two attached hydrogens (primary N) is 1. The zero-order valence-electron chi connectivity index (χ0n) is 21.4. The molecular formula is C27H31N5O8. The number of carboxylic acid groups (broad SMARTS) is 2. The van der Waals surface area contributed by atoms with Crippen molar-refractivity contribution in [1.29, 1.82) is 0 Å². The van der Waals surface area contributed by atoms with E-state index in [0.717, 1.165) is 10.9 Å². The molecule has 1 heterocycles. The second-order valence-electron chi connectivity index (χ2n) is 9.16. The quantitative estimate of drug-likeness (QED) is 0.126. The minimum atomic E-state index is -1.73. The highest BCUT2D eigenvalue weighted by atomic mass is 16.4. The molecule has 0 bridgehead atoms. The van der Waals surface area contributed by atoms with Crippen molar-refractivity contribution in [2.45, 2.75) is 43.4 Å². The number of carbonyl (C=O) groups is 5. The van der Waals surface area contributed by atoms with Crippen LogP contribution in [0.4, 0.5) is 0 Å². The van der Waals surface area contributed by atoms with E-state index in [-0.39, 0.29) is 12.8 Å². The van der Waals surface area contributed by atoms with Crippen molar-refractivity contribution in [3.8, 4) is 0 Å². The Morgan fingerprint density at radius 3 is 1.98 bits per heavy atom. The van der Waals surface area contributed by atoms with Crippen LogP contribution < -0.4 is 21.7 Å². The van der Waals surface area contributed by atoms with Gasteiger partial charge in [0.25, 0.3) is 0 Å². The van der Waals surface area contributed by atoms with Gasteiger partial charge in [0.2, 0.25) is 17.7 Å². The highest BCUT2D eigenvalue weighted by molar-refractivity contribution is 5.95. The van der Waals surface area contributed by atoms with Gasteiger partial charge in [-0.15, -0.1) is 0 Å². The van der Waals surface area contributed by atoms with E-state index in [1.165, 1.54) is 0 Å². The van der Waals surface area contributed by atoms with Gasteiger partial charge in [-0.05, 0) is 17.2 Å². The van der Waals surface area contributed by atoms with Gasteiger partial charge in [0.1, 0.15) is 24.2 Å². The first-order valence-corrected chi connectivity index (χ1v) is 12.4. The number of fused-ring (bicyclic) bond motifs is 1. The van der Waals surface area contributed by atoms with E-state index >= 15 is 0 Å². The largest absolute Gasteiger partial charge is 0.481 e. The third kappa shape index (κ3) is 8.12. The van der Waals surface area contributed by atoms with Crippen LogP contribution in [0.1, 0.15) is 17.5 Å². The van der Waals surface area contributed by atoms with Crippen LogP contribution in [0.3, 0.4) is 0 Å². The Labute approximate surface area is 228 Å². The van der Waals surface area contributed by atoms with E-state index in [2.05, 4.69) is 20.9 Å². The van der Waals surface area contributed by atoms with Crippen molar-refractivity contribution in [1.82, 2.24) is 20.9 Å². The standard InChI is InChI=1S/C27H31N5O8/c28-18(14-33)24(36)30-21(11-16-13-29-19-9-5-4-8-17(16)19)26(38)31-20(10-15-6-2-1-3-7-15)25(37)32-22(27(39)40)12-23(34)35/h1-9,13,18,20-22,29,33H,10-12,14,28H2,(H,30,36)(H,31,38)(H,32,37)(H,34,35)(H,39,40)/t18-,20-,21-,22-/m0/s1. The zero-order valence-corrected chi connectivity index (χ0v) is 21.4. The van der Waals surface area contributed by atoms with Crippen LogP contribution in [-0.4, -0.2) is 80.7 Å². The van der Waals surface area contributed by atoms with Gasteiger partial charge in [0.05, 0.1) is 13.0 Å². The number of benzene rings is 2. The number of nitrogens with one attached hydrogen (secondary N) is 4. The molecule has 3 rings (SSSR count). The number of hydrogen-bond donors (Lipinski definition) is 8. The van der Waals surface area contributed by atoms with E-state index in [1.807, 2.05) is 24.3 Å². The monoisotopic (exact) mass is 553 g/mol. The van der Waals surface area contributed by atoms with Gasteiger partial charge in [0.15, 0.2) is 0 Å². The third-order valence-electron chi connectivity index (χ3n) is 6.17. The van der Waals surface area contributed by atoms with Gasteiger partial charge in [-0.25, -0.2) is 4.79 Å². The summed E-state index contributed by atoms with van der Waals surface area (Å²) in [6.07, 6.45) is 0.754. The lowest BCUT2D eigenvalue weighted by Gasteiger charge is -2.25. The predicted molar refractivity (Wildman–Crippen MR) is 143 cm³/mol. The Kier molecular flexibility index (Phi) is 10.3. The molecule has 3 amide bonds. The van der Waals surface area contributed by atoms with Crippen molar-refractivity contribution in [2.24, 2.45) is 5.73 Å². The minimum absolute atomic E-state index is 0.00379. The van der Waals surface area contributed by atoms with E-state index < -0.39 is 66.9 Å². The summed E-state index contributed by atoms with van der Waals surface area (Å²) in [5.74, 6) is -5.47. The highest BCUT2D eigenvalue weighted by Crippen LogP contribution is 2.19. The molecule has 0 saturated carbocycles. The molecule has 9 N–H and O–H groups in total. The summed E-state index contributed by atoms with van der Waals surface area (Å²) in [5, 5.41) is 35.7. The summed E-state index contributed by atoms with van der Waals surface area (Å²) in [7, 11) is 0. The molecule has 0 radical (unpaired) electrons. The average molecular weight is 554 g/mol. The molecule has 0 spiro atoms. The first-order valence-electron chi connectivity index (χ1n) is 12.4. The summed E-state index contributed by atoms with van der Waals surface area (Å²) in [4.78, 5) is 64.9. The smallest absolute Gasteiger partial charge is 0.326 e. The number of amides is 3. The first-order chi connectivity index (χ1) is 19.1. The second-order valence-corrected chi connectivity index (χ2v) is 9.16. The van der Waals surface area contributed by atoms with Gasteiger partial charge in [0, 0.05) is 29.9 Å². The molecule has 0 saturated heterocycles. The number of aliphatic hydroxyl groups is 1. The number of rotatable bonds is 14. The van der Waals surface area contributed by atoms with Crippen molar-refractivity contribution in [3.05, 3.63) is 71.9 Å². The molecule has 1 aromatic heterocycles. The van der Waals surface area contributed by atoms with Gasteiger partial charge >= 0.3 is 11.9 Å². The van der Waals surface area contributed by atoms with Crippen molar-refractivity contribution >= 4 is 40.6 Å². The number of hydrogen-bond acceptors (Lipinski definition) is 7. The Morgan fingerprint density at radius 1 is 0.775 bits per heavy atom. The number of aliphatic hydroxyl groups excluding tert-OH is 1. The second kappa shape index (κ2) is 13.9. The summed E-state index contributed by atoms with van der Waals surface area (Å²) >= 11 is 0. The van der Waals surface area contributed by atoms with Crippen LogP contribution in [0.2, 0.25) is 0 Å². The van der Waals surface area contributed by atoms with Crippen molar-refractivity contribution in [3.63, 3.8) is 0 Å². The summed E-state index contributed by atoms with van der Waals surface area (Å²) in [6.45, 7) is -0.660. The number of aromatic amines is 1. The molecule has 0 aliphatic heterocycles. The van der Waals surface area contributed by atoms with Crippen molar-refractivity contribution in [2.75, 3.05) is 6.61 Å². The Bertz CT molecular complexity index is 1360. The maximum atomic E-state index is 13.5. The summed E-state index contributed by atoms with van der Waals surface area (Å²) in [6, 6.07) is 10.3. The SMILES string of the molecule is N[C@@H](CO)C(=O)N[C@@H](Cc1c[nH]c2ccccc12)C(=O)N[C@@H](Cc1ccccc1)C(=O)N[C@@H](CC(=O)O)C(=O)O. The van der Waals surface area contributed by atoms with Crippen molar-refractivity contribution < 1.29 is 39.3 Å². The topological polar surface area (TPSA) is 224 Å². The van der Waals surface area contributed by atoms with Crippen LogP contribution in [0.5, 0.6) is 0 Å². The molecule has 40 heavy (non-hydrogen) atoms. The molecule has 212 valence electrons. The van der Waals surface area contributed by atoms with Crippen LogP contribution in [0.15, 0.2) is 60.8 Å². The van der Waals surface area contributed by atoms with Gasteiger partial charge < -0.3 is 42.0 Å². The molecule has 13 heteroatoms. The fourth-order valence-electron chi connectivity index (χ4n) is 4.07. The average Bonchev–Trinajstić information content (AvgIpc) is 3.34. The number of aliphatic carboxylic acids is 2. The number of carbonyl (C=O) groups excluding carboxylic acids is 3. The lowest BCUT2D eigenvalue weighted by atomic mass is 10.0. The predicted octanol–water partition coefficient (Wildman–Crippen LogP) is -0.714. The number of H-pyrrole nitrogens is 1. The summed E-state index contributed by atoms with van der Waals surface area (Å²) in [5.41, 5.74) is 7.75. The fraction of sp³-hybridized carbons (Fsp3) is 0.296. The maximum absolute atomic E-state index is 13.5. The van der Waals surface area contributed by atoms with E-state index in [9.17, 15) is 34.2 Å². The molecule has 3 aromatic rings. The van der Waals surface area contributed by atoms with Gasteiger partial charge in [-0.3, -0.25) is 19.2 Å². The molecular weight excluding hydrogens is 522 g/mol. The van der Waals surface area contributed by atoms with E-state index in [0.29, 0.717) is 11.1 Å². The molecule has 0 fully saturated rings. The van der Waals surface area contributed by atoms with E-state index in [1.54, 1.807) is 36.5 Å². The molecule has 0 unspecified atom stereocenters. The Morgan fingerprint density at radius 2 is 1.35 bits per heavy atom. The first kappa shape index (κ1) is 29.8. The Hall–Kier alpha value is -4.75. The lowest BCUT2D eigenvalue weighted by Crippen LogP contribution is -2.58. The number of aromatic nitrogens is 1. The third-order valence-corrected chi connectivity index (χ3v) is 6.17. The van der Waals surface area contributed by atoms with E-state index in [4.69, 9.17) is 10.8 Å². The molecule has 0 aliphatic rings. The number of para-hydroxylation sites is 1. The molecule has 13 nitrogen and oxygen atoms in total. The molecule has 2 aromatic carbocycles. The maximum Gasteiger partial charge on any atom is 0.326 e. The normalized spacial score (nSPS) is 13.9. The molecule has 4 atom stereocenters.